The van der Waals surface area contributed by atoms with Crippen LogP contribution in [0.25, 0.3) is 0 Å². The zero-order chi connectivity index (χ0) is 14.2. The molecular formula is C14H26F3N. The molecule has 1 aliphatic carbocycles. The van der Waals surface area contributed by atoms with E-state index in [2.05, 4.69) is 33.0 Å². The molecule has 1 aliphatic rings. The number of halogens is 3. The highest BCUT2D eigenvalue weighted by Crippen LogP contribution is 2.70. The van der Waals surface area contributed by atoms with E-state index in [-0.39, 0.29) is 23.3 Å². The van der Waals surface area contributed by atoms with Crippen molar-refractivity contribution < 1.29 is 13.2 Å². The molecule has 108 valence electrons. The van der Waals surface area contributed by atoms with Crippen LogP contribution in [0.4, 0.5) is 13.2 Å². The van der Waals surface area contributed by atoms with Crippen LogP contribution < -0.4 is 5.32 Å². The van der Waals surface area contributed by atoms with Gasteiger partial charge in [0.25, 0.3) is 0 Å². The van der Waals surface area contributed by atoms with Crippen LogP contribution >= 0.6 is 0 Å². The maximum Gasteiger partial charge on any atom is 0.389 e. The lowest BCUT2D eigenvalue weighted by atomic mass is 9.99. The van der Waals surface area contributed by atoms with Crippen LogP contribution in [0.2, 0.25) is 0 Å². The van der Waals surface area contributed by atoms with E-state index in [1.54, 1.807) is 0 Å². The van der Waals surface area contributed by atoms with Crippen LogP contribution in [0, 0.1) is 16.7 Å². The van der Waals surface area contributed by atoms with E-state index < -0.39 is 12.6 Å². The zero-order valence-corrected chi connectivity index (χ0v) is 12.1. The van der Waals surface area contributed by atoms with Gasteiger partial charge < -0.3 is 5.32 Å². The minimum absolute atomic E-state index is 0.0171. The highest BCUT2D eigenvalue weighted by molar-refractivity contribution is 5.16. The molecule has 1 N–H and O–H groups in total. The number of rotatable bonds is 6. The van der Waals surface area contributed by atoms with Crippen molar-refractivity contribution in [1.29, 1.82) is 0 Å². The Morgan fingerprint density at radius 1 is 1.11 bits per heavy atom. The molecule has 0 amide bonds. The van der Waals surface area contributed by atoms with Crippen molar-refractivity contribution in [2.45, 2.75) is 66.1 Å². The standard InChI is InChI=1S/C14H26F3N/c1-6-9-18-10(7-8-14(15,16)17)11-12(2,3)13(11,4)5/h10-11,18H,6-9H2,1-5H3. The monoisotopic (exact) mass is 265 g/mol. The summed E-state index contributed by atoms with van der Waals surface area (Å²) in [5.41, 5.74) is 0.258. The van der Waals surface area contributed by atoms with Gasteiger partial charge in [-0.3, -0.25) is 0 Å². The molecule has 0 bridgehead atoms. The lowest BCUT2D eigenvalue weighted by Crippen LogP contribution is -2.35. The zero-order valence-electron chi connectivity index (χ0n) is 12.1. The van der Waals surface area contributed by atoms with Crippen LogP contribution in [0.15, 0.2) is 0 Å². The second-order valence-electron chi connectivity index (χ2n) is 6.64. The van der Waals surface area contributed by atoms with Gasteiger partial charge in [0.2, 0.25) is 0 Å². The van der Waals surface area contributed by atoms with Crippen LogP contribution in [-0.2, 0) is 0 Å². The van der Waals surface area contributed by atoms with Crippen LogP contribution in [0.1, 0.15) is 53.9 Å². The van der Waals surface area contributed by atoms with Gasteiger partial charge in [0.15, 0.2) is 0 Å². The van der Waals surface area contributed by atoms with Gasteiger partial charge in [0.05, 0.1) is 0 Å². The first-order valence-electron chi connectivity index (χ1n) is 6.84. The summed E-state index contributed by atoms with van der Waals surface area (Å²) in [4.78, 5) is 0. The number of nitrogens with one attached hydrogen (secondary N) is 1. The Kier molecular flexibility index (Phi) is 4.41. The minimum Gasteiger partial charge on any atom is -0.314 e. The molecule has 1 rings (SSSR count). The number of hydrogen-bond donors (Lipinski definition) is 1. The Hall–Kier alpha value is -0.250. The first kappa shape index (κ1) is 15.8. The Balaban J connectivity index is 2.63. The maximum absolute atomic E-state index is 12.4. The van der Waals surface area contributed by atoms with Crippen LogP contribution in [0.3, 0.4) is 0 Å². The smallest absolute Gasteiger partial charge is 0.314 e. The molecule has 1 saturated carbocycles. The molecule has 1 nitrogen and oxygen atoms in total. The van der Waals surface area contributed by atoms with Crippen molar-refractivity contribution in [1.82, 2.24) is 5.32 Å². The number of hydrogen-bond acceptors (Lipinski definition) is 1. The van der Waals surface area contributed by atoms with Gasteiger partial charge in [0.1, 0.15) is 0 Å². The first-order chi connectivity index (χ1) is 8.04. The van der Waals surface area contributed by atoms with E-state index in [1.807, 2.05) is 6.92 Å². The average Bonchev–Trinajstić information content (AvgIpc) is 2.58. The molecule has 0 heterocycles. The molecule has 4 heteroatoms. The Morgan fingerprint density at radius 2 is 1.61 bits per heavy atom. The predicted octanol–water partition coefficient (Wildman–Crippen LogP) is 4.38. The quantitative estimate of drug-likeness (QED) is 0.751. The largest absolute Gasteiger partial charge is 0.389 e. The molecule has 0 aromatic rings. The van der Waals surface area contributed by atoms with Crippen LogP contribution in [0.5, 0.6) is 0 Å². The summed E-state index contributed by atoms with van der Waals surface area (Å²) in [6.45, 7) is 11.5. The Morgan fingerprint density at radius 3 is 1.94 bits per heavy atom. The van der Waals surface area contributed by atoms with E-state index in [0.717, 1.165) is 13.0 Å². The van der Waals surface area contributed by atoms with Crippen molar-refractivity contribution in [3.05, 3.63) is 0 Å². The van der Waals surface area contributed by atoms with E-state index in [4.69, 9.17) is 0 Å². The van der Waals surface area contributed by atoms with Gasteiger partial charge in [0, 0.05) is 12.5 Å². The molecule has 1 unspecified atom stereocenters. The molecule has 1 fully saturated rings. The third kappa shape index (κ3) is 3.19. The fourth-order valence-corrected chi connectivity index (χ4v) is 3.29. The molecule has 0 spiro atoms. The third-order valence-corrected chi connectivity index (χ3v) is 4.93. The summed E-state index contributed by atoms with van der Waals surface area (Å²) in [5, 5.41) is 3.32. The van der Waals surface area contributed by atoms with Crippen molar-refractivity contribution in [2.75, 3.05) is 6.54 Å². The molecule has 18 heavy (non-hydrogen) atoms. The second-order valence-corrected chi connectivity index (χ2v) is 6.64. The molecular weight excluding hydrogens is 239 g/mol. The van der Waals surface area contributed by atoms with E-state index in [9.17, 15) is 13.2 Å². The Bertz CT molecular complexity index is 267. The van der Waals surface area contributed by atoms with Crippen LogP contribution in [-0.4, -0.2) is 18.8 Å². The lowest BCUT2D eigenvalue weighted by Gasteiger charge is -2.21. The highest BCUT2D eigenvalue weighted by Gasteiger charge is 2.66. The third-order valence-electron chi connectivity index (χ3n) is 4.93. The fourth-order valence-electron chi connectivity index (χ4n) is 3.29. The molecule has 0 aromatic heterocycles. The van der Waals surface area contributed by atoms with Crippen molar-refractivity contribution in [3.63, 3.8) is 0 Å². The van der Waals surface area contributed by atoms with Gasteiger partial charge in [-0.05, 0) is 36.1 Å². The summed E-state index contributed by atoms with van der Waals surface area (Å²) in [5.74, 6) is 0.332. The summed E-state index contributed by atoms with van der Waals surface area (Å²) in [6, 6.07) is -0.0171. The normalized spacial score (nSPS) is 24.0. The highest BCUT2D eigenvalue weighted by atomic mass is 19.4. The summed E-state index contributed by atoms with van der Waals surface area (Å²) < 4.78 is 37.1. The minimum atomic E-state index is -4.05. The molecule has 0 aromatic carbocycles. The van der Waals surface area contributed by atoms with Crippen molar-refractivity contribution >= 4 is 0 Å². The van der Waals surface area contributed by atoms with Gasteiger partial charge in [-0.1, -0.05) is 34.6 Å². The predicted molar refractivity (Wildman–Crippen MR) is 68.4 cm³/mol. The summed E-state index contributed by atoms with van der Waals surface area (Å²) >= 11 is 0. The summed E-state index contributed by atoms with van der Waals surface area (Å²) in [7, 11) is 0. The fraction of sp³-hybridized carbons (Fsp3) is 1.00. The Labute approximate surface area is 109 Å². The van der Waals surface area contributed by atoms with E-state index in [0.29, 0.717) is 5.92 Å². The van der Waals surface area contributed by atoms with E-state index >= 15 is 0 Å². The number of alkyl halides is 3. The molecule has 0 aliphatic heterocycles. The van der Waals surface area contributed by atoms with Gasteiger partial charge in [-0.15, -0.1) is 0 Å². The molecule has 0 radical (unpaired) electrons. The lowest BCUT2D eigenvalue weighted by molar-refractivity contribution is -0.137. The van der Waals surface area contributed by atoms with E-state index in [1.165, 1.54) is 0 Å². The molecule has 1 atom stereocenters. The first-order valence-corrected chi connectivity index (χ1v) is 6.84. The second kappa shape index (κ2) is 5.03. The molecule has 0 saturated heterocycles. The van der Waals surface area contributed by atoms with Crippen molar-refractivity contribution in [3.8, 4) is 0 Å². The van der Waals surface area contributed by atoms with Crippen molar-refractivity contribution in [2.24, 2.45) is 16.7 Å². The van der Waals surface area contributed by atoms with Gasteiger partial charge >= 0.3 is 6.18 Å². The SMILES string of the molecule is CCCNC(CCC(F)(F)F)C1C(C)(C)C1(C)C. The topological polar surface area (TPSA) is 12.0 Å². The van der Waals surface area contributed by atoms with Gasteiger partial charge in [-0.2, -0.15) is 13.2 Å². The summed E-state index contributed by atoms with van der Waals surface area (Å²) in [6.07, 6.45) is -3.58. The van der Waals surface area contributed by atoms with Gasteiger partial charge in [-0.25, -0.2) is 0 Å². The average molecular weight is 265 g/mol. The maximum atomic E-state index is 12.4.